The summed E-state index contributed by atoms with van der Waals surface area (Å²) in [6, 6.07) is 0. The van der Waals surface area contributed by atoms with Crippen molar-refractivity contribution in [3.8, 4) is 0 Å². The van der Waals surface area contributed by atoms with E-state index in [1.54, 1.807) is 12.8 Å². The van der Waals surface area contributed by atoms with E-state index in [4.69, 9.17) is 0 Å². The van der Waals surface area contributed by atoms with Gasteiger partial charge in [0.15, 0.2) is 0 Å². The van der Waals surface area contributed by atoms with Crippen LogP contribution >= 0.6 is 0 Å². The lowest BCUT2D eigenvalue weighted by molar-refractivity contribution is -0.0334. The van der Waals surface area contributed by atoms with Gasteiger partial charge >= 0.3 is 0 Å². The Morgan fingerprint density at radius 1 is 0.667 bits per heavy atom. The summed E-state index contributed by atoms with van der Waals surface area (Å²) in [7, 11) is 0. The average Bonchev–Trinajstić information content (AvgIpc) is 2.14. The molecule has 0 aromatic heterocycles. The lowest BCUT2D eigenvalue weighted by atomic mass is 9.51. The molecule has 0 aliphatic heterocycles. The monoisotopic (exact) mass is 208 g/mol. The molecule has 0 nitrogen and oxygen atoms in total. The summed E-state index contributed by atoms with van der Waals surface area (Å²) in [4.78, 5) is 0. The summed E-state index contributed by atoms with van der Waals surface area (Å²) in [6.07, 6.45) is 10.7. The van der Waals surface area contributed by atoms with Gasteiger partial charge in [-0.1, -0.05) is 34.1 Å². The first kappa shape index (κ1) is 11.5. The summed E-state index contributed by atoms with van der Waals surface area (Å²) in [5.74, 6) is 1.74. The van der Waals surface area contributed by atoms with Crippen LogP contribution in [0.1, 0.15) is 72.6 Å². The highest BCUT2D eigenvalue weighted by atomic mass is 14.5. The van der Waals surface area contributed by atoms with Crippen molar-refractivity contribution in [3.05, 3.63) is 0 Å². The van der Waals surface area contributed by atoms with Crippen LogP contribution in [0.2, 0.25) is 0 Å². The first-order chi connectivity index (χ1) is 7.01. The third-order valence-electron chi connectivity index (χ3n) is 5.96. The average molecular weight is 208 g/mol. The molecule has 2 fully saturated rings. The van der Waals surface area contributed by atoms with Gasteiger partial charge in [-0.3, -0.25) is 0 Å². The molecular formula is C15H28. The predicted molar refractivity (Wildman–Crippen MR) is 66.9 cm³/mol. The normalized spacial score (nSPS) is 28.4. The molecule has 0 bridgehead atoms. The topological polar surface area (TPSA) is 0 Å². The van der Waals surface area contributed by atoms with Crippen molar-refractivity contribution >= 4 is 0 Å². The van der Waals surface area contributed by atoms with Gasteiger partial charge in [0, 0.05) is 0 Å². The van der Waals surface area contributed by atoms with Crippen LogP contribution in [0.15, 0.2) is 0 Å². The van der Waals surface area contributed by atoms with E-state index in [1.165, 1.54) is 32.1 Å². The minimum Gasteiger partial charge on any atom is -0.0622 e. The lowest BCUT2D eigenvalue weighted by Gasteiger charge is -2.54. The molecule has 88 valence electrons. The Balaban J connectivity index is 2.05. The van der Waals surface area contributed by atoms with E-state index in [-0.39, 0.29) is 0 Å². The fourth-order valence-corrected chi connectivity index (χ4v) is 4.24. The standard InChI is InChI=1S/C15H28/c1-12(2)15(13(3)4)10-8-14(9-11-15)6-5-7-14/h12-13H,5-11H2,1-4H3. The molecule has 0 N–H and O–H groups in total. The Morgan fingerprint density at radius 2 is 1.13 bits per heavy atom. The van der Waals surface area contributed by atoms with Crippen molar-refractivity contribution < 1.29 is 0 Å². The molecule has 1 spiro atoms. The van der Waals surface area contributed by atoms with Crippen molar-refractivity contribution in [2.75, 3.05) is 0 Å². The predicted octanol–water partition coefficient (Wildman–Crippen LogP) is 5.03. The van der Waals surface area contributed by atoms with E-state index in [9.17, 15) is 0 Å². The van der Waals surface area contributed by atoms with Crippen LogP contribution in [0.5, 0.6) is 0 Å². The molecule has 0 aromatic carbocycles. The van der Waals surface area contributed by atoms with Crippen LogP contribution in [-0.2, 0) is 0 Å². The van der Waals surface area contributed by atoms with E-state index >= 15 is 0 Å². The molecule has 15 heavy (non-hydrogen) atoms. The molecule has 0 saturated heterocycles. The lowest BCUT2D eigenvalue weighted by Crippen LogP contribution is -2.43. The van der Waals surface area contributed by atoms with Crippen LogP contribution < -0.4 is 0 Å². The first-order valence-corrected chi connectivity index (χ1v) is 7.01. The first-order valence-electron chi connectivity index (χ1n) is 7.01. The quantitative estimate of drug-likeness (QED) is 0.597. The second-order valence-corrected chi connectivity index (χ2v) is 6.90. The molecule has 0 atom stereocenters. The van der Waals surface area contributed by atoms with Crippen LogP contribution in [0.4, 0.5) is 0 Å². The van der Waals surface area contributed by atoms with E-state index < -0.39 is 0 Å². The zero-order chi connectivity index (χ0) is 11.1. The number of rotatable bonds is 2. The molecule has 0 unspecified atom stereocenters. The smallest absolute Gasteiger partial charge is 0.0251 e. The maximum Gasteiger partial charge on any atom is -0.0251 e. The molecule has 2 aliphatic rings. The second-order valence-electron chi connectivity index (χ2n) is 6.90. The third-order valence-corrected chi connectivity index (χ3v) is 5.96. The van der Waals surface area contributed by atoms with Crippen molar-refractivity contribution in [3.63, 3.8) is 0 Å². The van der Waals surface area contributed by atoms with Gasteiger partial charge in [0.1, 0.15) is 0 Å². The Labute approximate surface area is 95.8 Å². The molecule has 2 rings (SSSR count). The Bertz CT molecular complexity index is 200. The van der Waals surface area contributed by atoms with Crippen LogP contribution in [0, 0.1) is 22.7 Å². The second kappa shape index (κ2) is 3.79. The van der Waals surface area contributed by atoms with Gasteiger partial charge in [-0.15, -0.1) is 0 Å². The molecule has 0 aromatic rings. The third kappa shape index (κ3) is 1.74. The zero-order valence-electron chi connectivity index (χ0n) is 11.1. The summed E-state index contributed by atoms with van der Waals surface area (Å²) < 4.78 is 0. The highest BCUT2D eigenvalue weighted by molar-refractivity contribution is 4.98. The Morgan fingerprint density at radius 3 is 1.40 bits per heavy atom. The maximum absolute atomic E-state index is 2.44. The van der Waals surface area contributed by atoms with Crippen LogP contribution in [-0.4, -0.2) is 0 Å². The van der Waals surface area contributed by atoms with E-state index in [1.807, 2.05) is 0 Å². The fourth-order valence-electron chi connectivity index (χ4n) is 4.24. The Kier molecular flexibility index (Phi) is 2.90. The molecular weight excluding hydrogens is 180 g/mol. The van der Waals surface area contributed by atoms with Gasteiger partial charge in [-0.25, -0.2) is 0 Å². The van der Waals surface area contributed by atoms with Crippen molar-refractivity contribution in [1.29, 1.82) is 0 Å². The number of hydrogen-bond acceptors (Lipinski definition) is 0. The van der Waals surface area contributed by atoms with Gasteiger partial charge in [-0.05, 0) is 61.2 Å². The SMILES string of the molecule is CC(C)C1(C(C)C)CCC2(CCC2)CC1. The van der Waals surface area contributed by atoms with E-state index in [2.05, 4.69) is 27.7 Å². The minimum absolute atomic E-state index is 0.668. The summed E-state index contributed by atoms with van der Waals surface area (Å²) in [5, 5.41) is 0. The summed E-state index contributed by atoms with van der Waals surface area (Å²) >= 11 is 0. The highest BCUT2D eigenvalue weighted by Gasteiger charge is 2.47. The largest absolute Gasteiger partial charge is 0.0622 e. The van der Waals surface area contributed by atoms with Crippen LogP contribution in [0.25, 0.3) is 0 Å². The molecule has 2 saturated carbocycles. The van der Waals surface area contributed by atoms with Crippen molar-refractivity contribution in [1.82, 2.24) is 0 Å². The minimum atomic E-state index is 0.668. The summed E-state index contributed by atoms with van der Waals surface area (Å²) in [6.45, 7) is 9.77. The maximum atomic E-state index is 2.44. The molecule has 0 radical (unpaired) electrons. The Hall–Kier alpha value is 0. The van der Waals surface area contributed by atoms with Gasteiger partial charge in [-0.2, -0.15) is 0 Å². The van der Waals surface area contributed by atoms with Crippen LogP contribution in [0.3, 0.4) is 0 Å². The van der Waals surface area contributed by atoms with E-state index in [0.29, 0.717) is 5.41 Å². The summed E-state index contributed by atoms with van der Waals surface area (Å²) in [5.41, 5.74) is 1.49. The van der Waals surface area contributed by atoms with Crippen molar-refractivity contribution in [2.45, 2.75) is 72.6 Å². The molecule has 2 aliphatic carbocycles. The van der Waals surface area contributed by atoms with E-state index in [0.717, 1.165) is 17.3 Å². The van der Waals surface area contributed by atoms with Gasteiger partial charge < -0.3 is 0 Å². The highest BCUT2D eigenvalue weighted by Crippen LogP contribution is 2.59. The van der Waals surface area contributed by atoms with Crippen molar-refractivity contribution in [2.24, 2.45) is 22.7 Å². The molecule has 0 heteroatoms. The number of hydrogen-bond donors (Lipinski definition) is 0. The fraction of sp³-hybridized carbons (Fsp3) is 1.00. The van der Waals surface area contributed by atoms with Gasteiger partial charge in [0.25, 0.3) is 0 Å². The molecule has 0 heterocycles. The molecule has 0 amide bonds. The van der Waals surface area contributed by atoms with Gasteiger partial charge in [0.05, 0.1) is 0 Å². The van der Waals surface area contributed by atoms with Gasteiger partial charge in [0.2, 0.25) is 0 Å². The zero-order valence-corrected chi connectivity index (χ0v) is 11.1.